The summed E-state index contributed by atoms with van der Waals surface area (Å²) in [4.78, 5) is 31.1. The summed E-state index contributed by atoms with van der Waals surface area (Å²) >= 11 is 0. The van der Waals surface area contributed by atoms with E-state index in [1.165, 1.54) is 36.4 Å². The van der Waals surface area contributed by atoms with E-state index < -0.39 is 151 Å². The summed E-state index contributed by atoms with van der Waals surface area (Å²) in [5, 5.41) is 14.4. The highest BCUT2D eigenvalue weighted by molar-refractivity contribution is 6.35. The number of aromatic nitrogens is 1. The van der Waals surface area contributed by atoms with Crippen molar-refractivity contribution in [3.63, 3.8) is 0 Å². The number of aliphatic carboxylic acids is 2. The number of nitrogens with one attached hydrogen (secondary N) is 1. The van der Waals surface area contributed by atoms with Gasteiger partial charge in [-0.05, 0) is 98.0 Å². The van der Waals surface area contributed by atoms with Crippen molar-refractivity contribution in [3.8, 4) is 11.1 Å². The van der Waals surface area contributed by atoms with Crippen LogP contribution in [0.5, 0.6) is 0 Å². The third kappa shape index (κ3) is 10.7. The first-order valence-corrected chi connectivity index (χ1v) is 20.5. The van der Waals surface area contributed by atoms with E-state index in [0.717, 1.165) is 5.56 Å². The van der Waals surface area contributed by atoms with Gasteiger partial charge in [-0.3, -0.25) is 0 Å². The van der Waals surface area contributed by atoms with Crippen LogP contribution in [0.4, 0.5) is 26.3 Å². The van der Waals surface area contributed by atoms with Crippen LogP contribution in [0.25, 0.3) is 33.4 Å². The van der Waals surface area contributed by atoms with Gasteiger partial charge in [0.25, 0.3) is 0 Å². The molecule has 0 amide bonds. The Kier molecular flexibility index (Phi) is 8.21. The van der Waals surface area contributed by atoms with Gasteiger partial charge in [-0.1, -0.05) is 166 Å². The molecule has 0 saturated carbocycles. The predicted octanol–water partition coefficient (Wildman–Crippen LogP) is 12.3. The van der Waals surface area contributed by atoms with Crippen LogP contribution in [0, 0.1) is 0 Å². The fraction of sp³-hybridized carbons (Fsp3) is 0.103. The monoisotopic (exact) mass is 979 g/mol. The van der Waals surface area contributed by atoms with E-state index in [1.807, 2.05) is 32.9 Å². The van der Waals surface area contributed by atoms with Gasteiger partial charge in [-0.15, -0.1) is 0 Å². The molecule has 0 saturated heterocycles. The third-order valence-electron chi connectivity index (χ3n) is 10.4. The number of alkyl halides is 6. The van der Waals surface area contributed by atoms with Crippen LogP contribution < -0.4 is 10.7 Å². The predicted molar refractivity (Wildman–Crippen MR) is 265 cm³/mol. The van der Waals surface area contributed by atoms with Gasteiger partial charge in [0.05, 0.1) is 50.2 Å². The number of hydrogen-bond donors (Lipinski definition) is 3. The van der Waals surface area contributed by atoms with Crippen LogP contribution in [0.2, 0.25) is 0 Å². The molecule has 4 aromatic carbocycles. The number of carbonyl (C=O) groups is 2. The van der Waals surface area contributed by atoms with Crippen molar-refractivity contribution in [2.45, 2.75) is 38.5 Å². The maximum atomic E-state index is 10.6. The molecule has 13 heteroatoms. The lowest BCUT2D eigenvalue weighted by molar-refractivity contribution is -0.193. The van der Waals surface area contributed by atoms with Gasteiger partial charge in [0.1, 0.15) is 0 Å². The van der Waals surface area contributed by atoms with Gasteiger partial charge >= 0.3 is 24.3 Å². The van der Waals surface area contributed by atoms with Crippen LogP contribution >= 0.6 is 0 Å². The van der Waals surface area contributed by atoms with Crippen LogP contribution in [0.15, 0.2) is 209 Å². The molecule has 0 fully saturated rings. The highest BCUT2D eigenvalue weighted by Gasteiger charge is 2.39. The lowest BCUT2D eigenvalue weighted by Gasteiger charge is -2.17. The number of allylic oxidation sites excluding steroid dienone is 5. The summed E-state index contributed by atoms with van der Waals surface area (Å²) in [5.74, 6) is -5.51. The average molecular weight is 980 g/mol. The molecule has 0 unspecified atom stereocenters. The van der Waals surface area contributed by atoms with Crippen molar-refractivity contribution >= 4 is 45.7 Å². The number of halogens is 6. The summed E-state index contributed by atoms with van der Waals surface area (Å²) in [6, 6.07) is -1.29. The topological polar surface area (TPSA) is 115 Å². The van der Waals surface area contributed by atoms with E-state index in [9.17, 15) is 37.3 Å². The largest absolute Gasteiger partial charge is 0.490 e. The molecule has 71 heavy (non-hydrogen) atoms. The zero-order valence-corrected chi connectivity index (χ0v) is 36.7. The lowest BCUT2D eigenvalue weighted by atomic mass is 9.88. The molecule has 356 valence electrons. The maximum Gasteiger partial charge on any atom is 0.490 e. The second-order valence-corrected chi connectivity index (χ2v) is 16.0. The van der Waals surface area contributed by atoms with Gasteiger partial charge in [0.2, 0.25) is 0 Å². The Balaban J connectivity index is 0.000000684. The Morgan fingerprint density at radius 2 is 0.803 bits per heavy atom. The van der Waals surface area contributed by atoms with Gasteiger partial charge in [-0.2, -0.15) is 26.3 Å². The van der Waals surface area contributed by atoms with Gasteiger partial charge in [0, 0.05) is 33.0 Å². The molecular weight excluding hydrogens is 917 g/mol. The number of aliphatic imine (C=N–C) groups is 2. The van der Waals surface area contributed by atoms with Crippen molar-refractivity contribution < 1.29 is 73.6 Å². The van der Waals surface area contributed by atoms with Crippen LogP contribution in [0.1, 0.15) is 87.1 Å². The Hall–Kier alpha value is -8.58. The smallest absolute Gasteiger partial charge is 0.475 e. The standard InChI is InChI=1S/C54H41N3.2C2HF3O2/c1-54(2,3)39-24-26-40-41(27-25-39)43-34-42(40)50(35-16-8-4-9-17-35)44-28-30-46(55-44)52(37-20-12-6-13-21-37)48-32-33-49(57-48)53(38-22-14-7-15-23-38)47-31-29-45(56-47)51(43)36-18-10-5-11-19-36;2*3-2(4,5)1(6)7/h4-34,55H,1-3H3;2*(H,6,7)/i4D,5D,6D,7D,8D,9D,10D,11D,12D,13D,14D,15D,16D,17D,18D,19D,20D,21D,22D,23D;;. The fourth-order valence-electron chi connectivity index (χ4n) is 7.34. The number of hydrogen-bond acceptors (Lipinski definition) is 4. The average Bonchev–Trinajstić information content (AvgIpc) is 1.63. The molecule has 0 spiro atoms. The van der Waals surface area contributed by atoms with E-state index in [0.29, 0.717) is 11.1 Å². The first-order valence-electron chi connectivity index (χ1n) is 30.5. The minimum absolute atomic E-state index is 0.0186. The number of nitrogens with zero attached hydrogens (tertiary/aromatic N) is 2. The lowest BCUT2D eigenvalue weighted by Crippen LogP contribution is -2.21. The molecular formula is C58H43F6N3O4. The van der Waals surface area contributed by atoms with Crippen molar-refractivity contribution in [2.24, 2.45) is 9.98 Å². The van der Waals surface area contributed by atoms with E-state index in [4.69, 9.17) is 46.2 Å². The molecule has 7 nitrogen and oxygen atoms in total. The molecule has 0 radical (unpaired) electrons. The van der Waals surface area contributed by atoms with Crippen LogP contribution in [-0.4, -0.2) is 50.9 Å². The minimum Gasteiger partial charge on any atom is -0.475 e. The Morgan fingerprint density at radius 3 is 1.21 bits per heavy atom. The highest BCUT2D eigenvalue weighted by atomic mass is 19.4. The summed E-state index contributed by atoms with van der Waals surface area (Å²) in [6.07, 6.45) is -4.36. The van der Waals surface area contributed by atoms with Crippen molar-refractivity contribution in [3.05, 3.63) is 249 Å². The summed E-state index contributed by atoms with van der Waals surface area (Å²) < 4.78 is 242. The number of fused-ring (bicyclic) bond motifs is 9. The van der Waals surface area contributed by atoms with Crippen molar-refractivity contribution in [1.82, 2.24) is 4.98 Å². The molecule has 5 aromatic rings. The number of H-pyrrole nitrogens is 1. The second-order valence-electron chi connectivity index (χ2n) is 16.0. The number of aromatic amines is 1. The van der Waals surface area contributed by atoms with Gasteiger partial charge in [-0.25, -0.2) is 19.6 Å². The van der Waals surface area contributed by atoms with Crippen molar-refractivity contribution in [2.75, 3.05) is 0 Å². The highest BCUT2D eigenvalue weighted by Crippen LogP contribution is 2.45. The third-order valence-corrected chi connectivity index (χ3v) is 10.4. The van der Waals surface area contributed by atoms with Gasteiger partial charge in [0.15, 0.2) is 0 Å². The molecule has 5 aliphatic rings. The maximum absolute atomic E-state index is 10.6. The number of carboxylic acids is 2. The first kappa shape index (κ1) is 29.4. The first-order chi connectivity index (χ1) is 42.1. The molecule has 4 heterocycles. The van der Waals surface area contributed by atoms with E-state index in [-0.39, 0.29) is 89.2 Å². The van der Waals surface area contributed by atoms with Crippen molar-refractivity contribution in [1.29, 1.82) is 0 Å². The zero-order chi connectivity index (χ0) is 68.1. The van der Waals surface area contributed by atoms with Gasteiger partial charge < -0.3 is 15.2 Å². The molecule has 1 aromatic heterocycles. The SMILES string of the molecule is O=C(O)C(F)(F)F.O=C(O)C(F)(F)F.[2H]c1c([2H])c([2H])c(C2=C3C=CC(=N3)C(c3c([2H])c([2H])c([2H])c([2H])c3[2H])=c3ccc([nH]3)=C(c3c([2H])c([2H])c([2H])c([2H])c3[2H])c3cc(c4ccc(C(C)(C)C)ccc3-4)C(c3c([2H])c([2H])c([2H])c([2H])c3[2H])=C3C=CC2=N3)c([2H])c1[2H]. The molecule has 2 aliphatic carbocycles. The molecule has 3 N–H and O–H groups in total. The summed E-state index contributed by atoms with van der Waals surface area (Å²) in [6.45, 7) is 5.96. The summed E-state index contributed by atoms with van der Waals surface area (Å²) in [7, 11) is 0. The number of carboxylic acid groups (broad SMARTS) is 2. The second kappa shape index (κ2) is 19.8. The molecule has 10 rings (SSSR count). The van der Waals surface area contributed by atoms with Crippen LogP contribution in [0.3, 0.4) is 0 Å². The molecule has 0 atom stereocenters. The Morgan fingerprint density at radius 1 is 0.465 bits per heavy atom. The van der Waals surface area contributed by atoms with Crippen LogP contribution in [-0.2, 0) is 15.0 Å². The Labute approximate surface area is 432 Å². The van der Waals surface area contributed by atoms with E-state index >= 15 is 0 Å². The fourth-order valence-corrected chi connectivity index (χ4v) is 7.34. The summed E-state index contributed by atoms with van der Waals surface area (Å²) in [5.41, 5.74) is -0.126. The van der Waals surface area contributed by atoms with E-state index in [2.05, 4.69) is 4.98 Å². The normalized spacial score (nSPS) is 18.3. The minimum atomic E-state index is -5.08. The number of benzene rings is 4. The molecule has 8 bridgehead atoms. The number of rotatable bonds is 4. The Bertz CT molecular complexity index is 4540. The molecule has 3 aliphatic heterocycles. The van der Waals surface area contributed by atoms with E-state index in [1.54, 1.807) is 18.2 Å². The zero-order valence-electron chi connectivity index (χ0n) is 56.7. The quantitative estimate of drug-likeness (QED) is 0.152.